The average molecular weight is 259 g/mol. The summed E-state index contributed by atoms with van der Waals surface area (Å²) in [6.07, 6.45) is 1.61. The maximum atomic E-state index is 12.0. The highest BCUT2D eigenvalue weighted by atomic mass is 16.1. The molecule has 1 aliphatic rings. The summed E-state index contributed by atoms with van der Waals surface area (Å²) >= 11 is 0. The third-order valence-electron chi connectivity index (χ3n) is 3.57. The van der Waals surface area contributed by atoms with Crippen LogP contribution in [0.4, 0.5) is 5.95 Å². The molecule has 6 nitrogen and oxygen atoms in total. The van der Waals surface area contributed by atoms with Gasteiger partial charge in [-0.05, 0) is 18.7 Å². The van der Waals surface area contributed by atoms with E-state index in [1.54, 1.807) is 12.3 Å². The van der Waals surface area contributed by atoms with Crippen LogP contribution in [-0.2, 0) is 0 Å². The first-order valence-electron chi connectivity index (χ1n) is 6.60. The molecule has 0 radical (unpaired) electrons. The van der Waals surface area contributed by atoms with Gasteiger partial charge in [0, 0.05) is 32.4 Å². The zero-order valence-electron chi connectivity index (χ0n) is 11.0. The molecule has 1 N–H and O–H groups in total. The molecule has 1 fully saturated rings. The fourth-order valence-electron chi connectivity index (χ4n) is 2.39. The van der Waals surface area contributed by atoms with Gasteiger partial charge in [-0.25, -0.2) is 9.97 Å². The van der Waals surface area contributed by atoms with Gasteiger partial charge in [0.15, 0.2) is 5.52 Å². The third-order valence-corrected chi connectivity index (χ3v) is 3.57. The number of anilines is 1. The molecule has 3 rings (SSSR count). The van der Waals surface area contributed by atoms with Crippen LogP contribution in [0, 0.1) is 0 Å². The Morgan fingerprint density at radius 1 is 1.32 bits per heavy atom. The topological polar surface area (TPSA) is 65.1 Å². The summed E-state index contributed by atoms with van der Waals surface area (Å²) in [4.78, 5) is 27.9. The normalized spacial score (nSPS) is 17.0. The molecule has 0 aromatic carbocycles. The molecule has 2 aromatic rings. The summed E-state index contributed by atoms with van der Waals surface area (Å²) in [6.45, 7) is 7.03. The number of hydrogen-bond acceptors (Lipinski definition) is 5. The van der Waals surface area contributed by atoms with E-state index in [9.17, 15) is 4.79 Å². The van der Waals surface area contributed by atoms with Gasteiger partial charge in [0.1, 0.15) is 0 Å². The van der Waals surface area contributed by atoms with Crippen LogP contribution in [0.5, 0.6) is 0 Å². The Hall–Kier alpha value is -1.95. The molecule has 1 aliphatic heterocycles. The lowest BCUT2D eigenvalue weighted by Gasteiger charge is -2.34. The Bertz CT molecular complexity index is 630. The largest absolute Gasteiger partial charge is 0.340 e. The van der Waals surface area contributed by atoms with Crippen molar-refractivity contribution in [2.45, 2.75) is 6.92 Å². The van der Waals surface area contributed by atoms with Crippen molar-refractivity contribution in [3.63, 3.8) is 0 Å². The highest BCUT2D eigenvalue weighted by Crippen LogP contribution is 2.12. The van der Waals surface area contributed by atoms with Gasteiger partial charge >= 0.3 is 0 Å². The van der Waals surface area contributed by atoms with Crippen molar-refractivity contribution < 1.29 is 0 Å². The lowest BCUT2D eigenvalue weighted by molar-refractivity contribution is 0.270. The second kappa shape index (κ2) is 4.97. The predicted molar refractivity (Wildman–Crippen MR) is 74.5 cm³/mol. The number of nitrogens with zero attached hydrogens (tertiary/aromatic N) is 4. The summed E-state index contributed by atoms with van der Waals surface area (Å²) in [5.41, 5.74) is 0.885. The number of H-pyrrole nitrogens is 1. The number of pyridine rings is 1. The average Bonchev–Trinajstić information content (AvgIpc) is 2.47. The highest BCUT2D eigenvalue weighted by Gasteiger charge is 2.18. The molecule has 0 bridgehead atoms. The second-order valence-electron chi connectivity index (χ2n) is 4.68. The molecule has 0 aliphatic carbocycles. The first kappa shape index (κ1) is 12.1. The van der Waals surface area contributed by atoms with Gasteiger partial charge in [0.2, 0.25) is 5.95 Å². The van der Waals surface area contributed by atoms with E-state index in [0.29, 0.717) is 17.0 Å². The van der Waals surface area contributed by atoms with Crippen molar-refractivity contribution >= 4 is 17.0 Å². The van der Waals surface area contributed by atoms with Gasteiger partial charge < -0.3 is 9.80 Å². The van der Waals surface area contributed by atoms with Crippen LogP contribution in [0.3, 0.4) is 0 Å². The van der Waals surface area contributed by atoms with Crippen LogP contribution in [0.15, 0.2) is 23.1 Å². The number of nitrogens with one attached hydrogen (secondary N) is 1. The second-order valence-corrected chi connectivity index (χ2v) is 4.68. The standard InChI is InChI=1S/C13H17N5O/c1-2-17-6-8-18(9-7-17)13-15-10-4-3-5-14-11(10)12(19)16-13/h3-5H,2,6-9H2,1H3,(H,15,16,19). The molecule has 0 saturated carbocycles. The van der Waals surface area contributed by atoms with Crippen molar-refractivity contribution in [3.8, 4) is 0 Å². The minimum absolute atomic E-state index is 0.168. The number of likely N-dealkylation sites (N-methyl/N-ethyl adjacent to an activating group) is 1. The molecule has 3 heterocycles. The Kier molecular flexibility index (Phi) is 3.16. The number of fused-ring (bicyclic) bond motifs is 1. The van der Waals surface area contributed by atoms with E-state index in [4.69, 9.17) is 0 Å². The lowest BCUT2D eigenvalue weighted by Crippen LogP contribution is -2.47. The van der Waals surface area contributed by atoms with E-state index >= 15 is 0 Å². The van der Waals surface area contributed by atoms with Crippen LogP contribution >= 0.6 is 0 Å². The fraction of sp³-hybridized carbons (Fsp3) is 0.462. The van der Waals surface area contributed by atoms with E-state index in [-0.39, 0.29) is 5.56 Å². The number of hydrogen-bond donors (Lipinski definition) is 1. The van der Waals surface area contributed by atoms with Crippen LogP contribution in [0.1, 0.15) is 6.92 Å². The molecular formula is C13H17N5O. The van der Waals surface area contributed by atoms with Gasteiger partial charge in [-0.2, -0.15) is 0 Å². The van der Waals surface area contributed by atoms with Crippen LogP contribution in [-0.4, -0.2) is 52.6 Å². The first-order valence-corrected chi connectivity index (χ1v) is 6.60. The van der Waals surface area contributed by atoms with E-state index in [1.165, 1.54) is 0 Å². The van der Waals surface area contributed by atoms with E-state index in [1.807, 2.05) is 6.07 Å². The highest BCUT2D eigenvalue weighted by molar-refractivity contribution is 5.73. The molecule has 6 heteroatoms. The minimum Gasteiger partial charge on any atom is -0.340 e. The van der Waals surface area contributed by atoms with E-state index < -0.39 is 0 Å². The van der Waals surface area contributed by atoms with Gasteiger partial charge in [0.05, 0.1) is 5.52 Å². The molecule has 0 unspecified atom stereocenters. The van der Waals surface area contributed by atoms with Crippen LogP contribution in [0.25, 0.3) is 11.0 Å². The molecule has 100 valence electrons. The number of rotatable bonds is 2. The third kappa shape index (κ3) is 2.31. The Balaban J connectivity index is 1.92. The van der Waals surface area contributed by atoms with E-state index in [2.05, 4.69) is 31.7 Å². The smallest absolute Gasteiger partial charge is 0.278 e. The van der Waals surface area contributed by atoms with Crippen molar-refractivity contribution in [3.05, 3.63) is 28.7 Å². The molecule has 19 heavy (non-hydrogen) atoms. The maximum absolute atomic E-state index is 12.0. The Labute approximate surface area is 111 Å². The molecular weight excluding hydrogens is 242 g/mol. The zero-order chi connectivity index (χ0) is 13.2. The SMILES string of the molecule is CCN1CCN(c2nc3cccnc3c(=O)[nH]2)CC1. The van der Waals surface area contributed by atoms with Crippen molar-refractivity contribution in [2.24, 2.45) is 0 Å². The van der Waals surface area contributed by atoms with Crippen molar-refractivity contribution in [2.75, 3.05) is 37.6 Å². The summed E-state index contributed by atoms with van der Waals surface area (Å²) in [6, 6.07) is 3.62. The van der Waals surface area contributed by atoms with Gasteiger partial charge in [-0.15, -0.1) is 0 Å². The lowest BCUT2D eigenvalue weighted by atomic mass is 10.3. The van der Waals surface area contributed by atoms with Gasteiger partial charge in [0.25, 0.3) is 5.56 Å². The van der Waals surface area contributed by atoms with Crippen molar-refractivity contribution in [1.29, 1.82) is 0 Å². The summed E-state index contributed by atoms with van der Waals surface area (Å²) in [7, 11) is 0. The molecule has 0 atom stereocenters. The fourth-order valence-corrected chi connectivity index (χ4v) is 2.39. The summed E-state index contributed by atoms with van der Waals surface area (Å²) < 4.78 is 0. The number of aromatic nitrogens is 3. The Morgan fingerprint density at radius 3 is 2.84 bits per heavy atom. The number of aromatic amines is 1. The zero-order valence-corrected chi connectivity index (χ0v) is 11.0. The molecule has 1 saturated heterocycles. The molecule has 2 aromatic heterocycles. The van der Waals surface area contributed by atoms with Gasteiger partial charge in [-0.3, -0.25) is 9.78 Å². The number of piperazine rings is 1. The van der Waals surface area contributed by atoms with Crippen molar-refractivity contribution in [1.82, 2.24) is 19.9 Å². The molecule has 0 amide bonds. The maximum Gasteiger partial charge on any atom is 0.278 e. The predicted octanol–water partition coefficient (Wildman–Crippen LogP) is 0.460. The monoisotopic (exact) mass is 259 g/mol. The van der Waals surface area contributed by atoms with Crippen LogP contribution in [0.2, 0.25) is 0 Å². The van der Waals surface area contributed by atoms with E-state index in [0.717, 1.165) is 32.7 Å². The summed E-state index contributed by atoms with van der Waals surface area (Å²) in [5, 5.41) is 0. The summed E-state index contributed by atoms with van der Waals surface area (Å²) in [5.74, 6) is 0.654. The minimum atomic E-state index is -0.168. The van der Waals surface area contributed by atoms with Gasteiger partial charge in [-0.1, -0.05) is 6.92 Å². The Morgan fingerprint density at radius 2 is 2.11 bits per heavy atom. The first-order chi connectivity index (χ1) is 9.28. The molecule has 0 spiro atoms. The van der Waals surface area contributed by atoms with Crippen LogP contribution < -0.4 is 10.5 Å². The quantitative estimate of drug-likeness (QED) is 0.849.